The van der Waals surface area contributed by atoms with E-state index in [1.54, 1.807) is 0 Å². The molecule has 0 saturated heterocycles. The van der Waals surface area contributed by atoms with Crippen molar-refractivity contribution in [1.82, 2.24) is 0 Å². The van der Waals surface area contributed by atoms with Crippen LogP contribution in [0.25, 0.3) is 0 Å². The zero-order valence-corrected chi connectivity index (χ0v) is 15.2. The van der Waals surface area contributed by atoms with Gasteiger partial charge in [0.25, 0.3) is 0 Å². The number of fused-ring (bicyclic) bond motifs is 4. The van der Waals surface area contributed by atoms with Crippen molar-refractivity contribution in [2.24, 2.45) is 22.7 Å². The number of hydrogen-bond acceptors (Lipinski definition) is 4. The van der Waals surface area contributed by atoms with Gasteiger partial charge in [-0.1, -0.05) is 38.2 Å². The Morgan fingerprint density at radius 1 is 1.24 bits per heavy atom. The van der Waals surface area contributed by atoms with Gasteiger partial charge in [-0.2, -0.15) is 0 Å². The zero-order chi connectivity index (χ0) is 18.0. The van der Waals surface area contributed by atoms with E-state index in [9.17, 15) is 15.0 Å². The molecule has 0 aromatic carbocycles. The molecule has 7 atom stereocenters. The Balaban J connectivity index is 1.85. The third-order valence-corrected chi connectivity index (χ3v) is 7.34. The van der Waals surface area contributed by atoms with Gasteiger partial charge in [-0.15, -0.1) is 0 Å². The van der Waals surface area contributed by atoms with Crippen LogP contribution in [0.15, 0.2) is 35.5 Å². The number of ether oxygens (including phenoxy) is 1. The molecule has 0 aliphatic heterocycles. The Morgan fingerprint density at radius 2 is 2.00 bits per heavy atom. The normalized spacial score (nSPS) is 48.0. The molecule has 25 heavy (non-hydrogen) atoms. The Bertz CT molecular complexity index is 690. The summed E-state index contributed by atoms with van der Waals surface area (Å²) in [6, 6.07) is 0. The molecule has 0 aromatic rings. The van der Waals surface area contributed by atoms with Crippen LogP contribution in [0.4, 0.5) is 0 Å². The van der Waals surface area contributed by atoms with Crippen LogP contribution in [-0.2, 0) is 9.53 Å². The van der Waals surface area contributed by atoms with E-state index in [0.717, 1.165) is 25.7 Å². The fraction of sp³-hybridized carbons (Fsp3) is 0.667. The van der Waals surface area contributed by atoms with E-state index in [1.807, 2.05) is 18.2 Å². The average Bonchev–Trinajstić information content (AvgIpc) is 2.84. The first-order valence-electron chi connectivity index (χ1n) is 9.41. The van der Waals surface area contributed by atoms with Crippen molar-refractivity contribution < 1.29 is 19.7 Å². The van der Waals surface area contributed by atoms with Gasteiger partial charge in [-0.3, -0.25) is 4.79 Å². The minimum absolute atomic E-state index is 0.0269. The molecule has 0 heterocycles. The zero-order valence-electron chi connectivity index (χ0n) is 15.2. The number of carbonyl (C=O) groups is 1. The smallest absolute Gasteiger partial charge is 0.303 e. The average molecular weight is 344 g/mol. The molecule has 0 amide bonds. The number of aliphatic hydroxyl groups is 2. The molecule has 4 unspecified atom stereocenters. The molecule has 4 aliphatic rings. The van der Waals surface area contributed by atoms with Crippen LogP contribution in [0.2, 0.25) is 0 Å². The molecule has 4 aliphatic carbocycles. The summed E-state index contributed by atoms with van der Waals surface area (Å²) in [7, 11) is 0. The second-order valence-electron chi connectivity index (χ2n) is 8.74. The number of carbonyl (C=O) groups excluding carboxylic acids is 1. The molecule has 0 radical (unpaired) electrons. The number of aliphatic hydroxyl groups excluding tert-OH is 2. The predicted molar refractivity (Wildman–Crippen MR) is 94.5 cm³/mol. The van der Waals surface area contributed by atoms with Crippen molar-refractivity contribution >= 4 is 5.97 Å². The van der Waals surface area contributed by atoms with Crippen molar-refractivity contribution in [3.05, 3.63) is 35.5 Å². The lowest BCUT2D eigenvalue weighted by Crippen LogP contribution is -2.51. The second kappa shape index (κ2) is 5.55. The van der Waals surface area contributed by atoms with Gasteiger partial charge in [0, 0.05) is 12.3 Å². The Kier molecular flexibility index (Phi) is 3.79. The number of hydrogen-bond donors (Lipinski definition) is 2. The third-order valence-electron chi connectivity index (χ3n) is 7.34. The van der Waals surface area contributed by atoms with E-state index in [0.29, 0.717) is 5.92 Å². The van der Waals surface area contributed by atoms with E-state index in [-0.39, 0.29) is 28.8 Å². The summed E-state index contributed by atoms with van der Waals surface area (Å²) in [6.45, 7) is 5.87. The van der Waals surface area contributed by atoms with Gasteiger partial charge in [0.1, 0.15) is 6.10 Å². The summed E-state index contributed by atoms with van der Waals surface area (Å²) in [4.78, 5) is 11.8. The lowest BCUT2D eigenvalue weighted by Gasteiger charge is -2.55. The maximum Gasteiger partial charge on any atom is 0.303 e. The molecule has 1 saturated carbocycles. The van der Waals surface area contributed by atoms with Crippen molar-refractivity contribution in [3.63, 3.8) is 0 Å². The minimum Gasteiger partial charge on any atom is -0.458 e. The molecule has 0 aromatic heterocycles. The molecule has 2 N–H and O–H groups in total. The minimum atomic E-state index is -0.469. The lowest BCUT2D eigenvalue weighted by atomic mass is 9.50. The summed E-state index contributed by atoms with van der Waals surface area (Å²) in [6.07, 6.45) is 10.3. The summed E-state index contributed by atoms with van der Waals surface area (Å²) in [5, 5.41) is 20.6. The maximum atomic E-state index is 11.8. The van der Waals surface area contributed by atoms with Gasteiger partial charge in [-0.05, 0) is 54.1 Å². The Hall–Kier alpha value is -1.39. The molecule has 4 rings (SSSR count). The molecule has 4 heteroatoms. The van der Waals surface area contributed by atoms with Crippen molar-refractivity contribution in [1.29, 1.82) is 0 Å². The fourth-order valence-corrected chi connectivity index (χ4v) is 5.82. The maximum absolute atomic E-state index is 11.8. The quantitative estimate of drug-likeness (QED) is 0.567. The SMILES string of the molecule is CC(=O)OC1CC2CC(O)C=C[C@]2(C)[C@@H]2CC[C@@]3(C)C(=C12)C=CC3O. The molecule has 136 valence electrons. The van der Waals surface area contributed by atoms with Gasteiger partial charge >= 0.3 is 5.97 Å². The van der Waals surface area contributed by atoms with Crippen LogP contribution < -0.4 is 0 Å². The first-order valence-corrected chi connectivity index (χ1v) is 9.41. The fourth-order valence-electron chi connectivity index (χ4n) is 5.82. The Labute approximate surface area is 149 Å². The van der Waals surface area contributed by atoms with Gasteiger partial charge in [0.05, 0.1) is 12.2 Å². The van der Waals surface area contributed by atoms with Crippen molar-refractivity contribution in [2.45, 2.75) is 64.8 Å². The summed E-state index contributed by atoms with van der Waals surface area (Å²) >= 11 is 0. The highest BCUT2D eigenvalue weighted by Gasteiger charge is 2.56. The topological polar surface area (TPSA) is 66.8 Å². The highest BCUT2D eigenvalue weighted by Crippen LogP contribution is 2.61. The van der Waals surface area contributed by atoms with E-state index in [4.69, 9.17) is 4.74 Å². The summed E-state index contributed by atoms with van der Waals surface area (Å²) in [5.74, 6) is 0.324. The highest BCUT2D eigenvalue weighted by atomic mass is 16.5. The van der Waals surface area contributed by atoms with Crippen LogP contribution in [-0.4, -0.2) is 34.5 Å². The molecule has 4 nitrogen and oxygen atoms in total. The van der Waals surface area contributed by atoms with E-state index in [1.165, 1.54) is 18.1 Å². The van der Waals surface area contributed by atoms with Gasteiger partial charge in [0.2, 0.25) is 0 Å². The number of rotatable bonds is 1. The molecule has 0 spiro atoms. The summed E-state index contributed by atoms with van der Waals surface area (Å²) in [5.41, 5.74) is 2.07. The monoisotopic (exact) mass is 344 g/mol. The van der Waals surface area contributed by atoms with E-state index >= 15 is 0 Å². The standard InChI is InChI=1S/C21H28O4/c1-12(22)25-17-11-13-10-14(23)6-8-20(13,2)16-7-9-21(3)15(19(16)17)4-5-18(21)24/h4-6,8,13-14,16-18,23-24H,7,9-11H2,1-3H3/t13?,14?,16-,17?,18?,20+,21+/m1/s1. The first-order chi connectivity index (χ1) is 11.8. The molecular weight excluding hydrogens is 316 g/mol. The van der Waals surface area contributed by atoms with Gasteiger partial charge in [0.15, 0.2) is 0 Å². The Morgan fingerprint density at radius 3 is 2.72 bits per heavy atom. The van der Waals surface area contributed by atoms with Crippen LogP contribution >= 0.6 is 0 Å². The molecule has 0 bridgehead atoms. The van der Waals surface area contributed by atoms with Crippen LogP contribution in [0.3, 0.4) is 0 Å². The van der Waals surface area contributed by atoms with Crippen LogP contribution in [0.1, 0.15) is 46.5 Å². The molecular formula is C21H28O4. The summed E-state index contributed by atoms with van der Waals surface area (Å²) < 4.78 is 5.76. The van der Waals surface area contributed by atoms with Crippen molar-refractivity contribution in [2.75, 3.05) is 0 Å². The first kappa shape index (κ1) is 17.0. The second-order valence-corrected chi connectivity index (χ2v) is 8.74. The molecule has 1 fully saturated rings. The third kappa shape index (κ3) is 2.37. The predicted octanol–water partition coefficient (Wildman–Crippen LogP) is 2.91. The van der Waals surface area contributed by atoms with E-state index in [2.05, 4.69) is 19.9 Å². The highest BCUT2D eigenvalue weighted by molar-refractivity contribution is 5.67. The van der Waals surface area contributed by atoms with Gasteiger partial charge < -0.3 is 14.9 Å². The van der Waals surface area contributed by atoms with E-state index < -0.39 is 12.2 Å². The lowest BCUT2D eigenvalue weighted by molar-refractivity contribution is -0.148. The number of allylic oxidation sites excluding steroid dienone is 2. The van der Waals surface area contributed by atoms with Crippen LogP contribution in [0, 0.1) is 22.7 Å². The van der Waals surface area contributed by atoms with Gasteiger partial charge in [-0.25, -0.2) is 0 Å². The number of esters is 1. The largest absolute Gasteiger partial charge is 0.458 e. The van der Waals surface area contributed by atoms with Crippen LogP contribution in [0.5, 0.6) is 0 Å². The van der Waals surface area contributed by atoms with Crippen molar-refractivity contribution in [3.8, 4) is 0 Å².